The normalized spacial score (nSPS) is 15.6. The number of para-hydroxylation sites is 1. The van der Waals surface area contributed by atoms with Crippen molar-refractivity contribution in [2.45, 2.75) is 56.6 Å². The Morgan fingerprint density at radius 3 is 2.55 bits per heavy atom. The molecule has 0 saturated heterocycles. The zero-order chi connectivity index (χ0) is 31.0. The van der Waals surface area contributed by atoms with E-state index in [0.717, 1.165) is 0 Å². The van der Waals surface area contributed by atoms with Crippen molar-refractivity contribution >= 4 is 38.9 Å². The molecule has 42 heavy (non-hydrogen) atoms. The molecule has 3 aromatic rings. The number of aromatic nitrogens is 2. The number of carbonyl (C=O) groups is 1. The van der Waals surface area contributed by atoms with Crippen molar-refractivity contribution in [3.05, 3.63) is 58.7 Å². The second-order valence-electron chi connectivity index (χ2n) is 10.5. The summed E-state index contributed by atoms with van der Waals surface area (Å²) in [6, 6.07) is 9.58. The Labute approximate surface area is 247 Å². The molecule has 4 rings (SSSR count). The lowest BCUT2D eigenvalue weighted by atomic mass is 9.93. The number of anilines is 2. The van der Waals surface area contributed by atoms with E-state index in [0.29, 0.717) is 21.6 Å². The monoisotopic (exact) mass is 625 g/mol. The molecule has 0 spiro atoms. The zero-order valence-corrected chi connectivity index (χ0v) is 24.9. The van der Waals surface area contributed by atoms with Gasteiger partial charge in [0.15, 0.2) is 21.5 Å². The summed E-state index contributed by atoms with van der Waals surface area (Å²) in [4.78, 5) is 21.6. The third-order valence-corrected chi connectivity index (χ3v) is 9.13. The molecule has 2 aromatic carbocycles. The number of rotatable bonds is 8. The van der Waals surface area contributed by atoms with Gasteiger partial charge in [0.05, 0.1) is 34.2 Å². The Morgan fingerprint density at radius 2 is 1.90 bits per heavy atom. The van der Waals surface area contributed by atoms with Crippen LogP contribution in [0.2, 0.25) is 5.02 Å². The van der Waals surface area contributed by atoms with Crippen LogP contribution in [0.25, 0.3) is 11.4 Å². The van der Waals surface area contributed by atoms with E-state index < -0.39 is 33.3 Å². The average molecular weight is 626 g/mol. The highest BCUT2D eigenvalue weighted by atomic mass is 35.5. The van der Waals surface area contributed by atoms with Crippen LogP contribution in [0.4, 0.5) is 24.7 Å². The molecule has 14 heteroatoms. The van der Waals surface area contributed by atoms with Gasteiger partial charge in [-0.15, -0.1) is 0 Å². The molecule has 0 radical (unpaired) electrons. The fraction of sp³-hybridized carbons (Fsp3) is 0.393. The number of alkyl halides is 3. The smallest absolute Gasteiger partial charge is 0.471 e. The number of benzene rings is 2. The molecule has 1 atom stereocenters. The van der Waals surface area contributed by atoms with Crippen molar-refractivity contribution in [2.24, 2.45) is 11.7 Å². The van der Waals surface area contributed by atoms with Gasteiger partial charge in [0.2, 0.25) is 0 Å². The van der Waals surface area contributed by atoms with Crippen LogP contribution in [0, 0.1) is 5.92 Å². The number of sulfone groups is 1. The predicted octanol–water partition coefficient (Wildman–Crippen LogP) is 5.66. The molecule has 1 aliphatic heterocycles. The van der Waals surface area contributed by atoms with Crippen LogP contribution in [0.3, 0.4) is 0 Å². The molecule has 226 valence electrons. The Kier molecular flexibility index (Phi) is 9.05. The van der Waals surface area contributed by atoms with Crippen LogP contribution in [-0.2, 0) is 21.1 Å². The van der Waals surface area contributed by atoms with E-state index in [1.807, 2.05) is 13.8 Å². The Bertz CT molecular complexity index is 1600. The second kappa shape index (κ2) is 12.1. The topological polar surface area (TPSA) is 128 Å². The molecule has 3 N–H and O–H groups in total. The number of hydrogen-bond acceptors (Lipinski definition) is 8. The van der Waals surface area contributed by atoms with Gasteiger partial charge in [0.25, 0.3) is 0 Å². The summed E-state index contributed by atoms with van der Waals surface area (Å²) < 4.78 is 71.4. The van der Waals surface area contributed by atoms with Crippen LogP contribution >= 0.6 is 11.6 Å². The first-order valence-corrected chi connectivity index (χ1v) is 15.1. The Morgan fingerprint density at radius 1 is 1.21 bits per heavy atom. The van der Waals surface area contributed by atoms with E-state index >= 15 is 0 Å². The fourth-order valence-electron chi connectivity index (χ4n) is 4.41. The zero-order valence-electron chi connectivity index (χ0n) is 23.4. The van der Waals surface area contributed by atoms with Gasteiger partial charge in [-0.05, 0) is 61.6 Å². The Balaban J connectivity index is 1.78. The number of nitrogens with one attached hydrogen (secondary N) is 1. The van der Waals surface area contributed by atoms with E-state index in [1.54, 1.807) is 38.1 Å². The third kappa shape index (κ3) is 6.47. The molecule has 9 nitrogen and oxygen atoms in total. The molecular formula is C28H31ClF3N5O4S. The largest absolute Gasteiger partial charge is 0.493 e. The summed E-state index contributed by atoms with van der Waals surface area (Å²) in [5.41, 5.74) is 7.79. The van der Waals surface area contributed by atoms with Crippen molar-refractivity contribution in [1.82, 2.24) is 14.9 Å². The van der Waals surface area contributed by atoms with Crippen molar-refractivity contribution in [3.8, 4) is 17.1 Å². The number of ether oxygens (including phenoxy) is 1. The SMILES string of the molecule is CC(C)COc1cc2c(cc1-c1ncc(Cl)c(Nc3ccccc3S(=O)(=O)C(C)C)n1)CCN(C(=O)C(F)(F)F)C2N. The van der Waals surface area contributed by atoms with Crippen LogP contribution in [0.15, 0.2) is 47.5 Å². The van der Waals surface area contributed by atoms with E-state index in [4.69, 9.17) is 22.1 Å². The maximum Gasteiger partial charge on any atom is 0.471 e. The molecule has 0 bridgehead atoms. The highest BCUT2D eigenvalue weighted by Gasteiger charge is 2.45. The first kappa shape index (κ1) is 31.5. The molecule has 1 aromatic heterocycles. The third-order valence-electron chi connectivity index (χ3n) is 6.65. The fourth-order valence-corrected chi connectivity index (χ4v) is 5.75. The highest BCUT2D eigenvalue weighted by Crippen LogP contribution is 2.39. The quantitative estimate of drug-likeness (QED) is 0.328. The first-order chi connectivity index (χ1) is 19.6. The number of halogens is 4. The maximum atomic E-state index is 13.2. The summed E-state index contributed by atoms with van der Waals surface area (Å²) in [7, 11) is -3.64. The minimum Gasteiger partial charge on any atom is -0.493 e. The number of nitrogens with zero attached hydrogens (tertiary/aromatic N) is 3. The summed E-state index contributed by atoms with van der Waals surface area (Å²) >= 11 is 6.41. The van der Waals surface area contributed by atoms with Gasteiger partial charge < -0.3 is 20.7 Å². The van der Waals surface area contributed by atoms with E-state index in [9.17, 15) is 26.4 Å². The summed E-state index contributed by atoms with van der Waals surface area (Å²) in [5.74, 6) is -1.33. The van der Waals surface area contributed by atoms with Crippen LogP contribution in [0.1, 0.15) is 45.0 Å². The minimum absolute atomic E-state index is 0.0814. The maximum absolute atomic E-state index is 13.2. The summed E-state index contributed by atoms with van der Waals surface area (Å²) in [5, 5.41) is 2.47. The number of amides is 1. The lowest BCUT2D eigenvalue weighted by Crippen LogP contribution is -2.49. The number of hydrogen-bond donors (Lipinski definition) is 2. The molecule has 2 heterocycles. The summed E-state index contributed by atoms with van der Waals surface area (Å²) in [6.07, 6.45) is -4.92. The number of carbonyl (C=O) groups excluding carboxylic acids is 1. The highest BCUT2D eigenvalue weighted by molar-refractivity contribution is 7.92. The van der Waals surface area contributed by atoms with Crippen LogP contribution in [0.5, 0.6) is 5.75 Å². The second-order valence-corrected chi connectivity index (χ2v) is 13.4. The van der Waals surface area contributed by atoms with Crippen molar-refractivity contribution in [1.29, 1.82) is 0 Å². The van der Waals surface area contributed by atoms with Gasteiger partial charge in [-0.3, -0.25) is 4.79 Å². The number of fused-ring (bicyclic) bond motifs is 1. The summed E-state index contributed by atoms with van der Waals surface area (Å²) in [6.45, 7) is 7.06. The van der Waals surface area contributed by atoms with Crippen molar-refractivity contribution in [3.63, 3.8) is 0 Å². The molecule has 0 aliphatic carbocycles. The molecule has 1 unspecified atom stereocenters. The molecular weight excluding hydrogens is 595 g/mol. The van der Waals surface area contributed by atoms with Gasteiger partial charge in [0.1, 0.15) is 16.9 Å². The Hall–Kier alpha value is -3.42. The molecule has 1 amide bonds. The lowest BCUT2D eigenvalue weighted by Gasteiger charge is -2.35. The predicted molar refractivity (Wildman–Crippen MR) is 153 cm³/mol. The standard InChI is InChI=1S/C28H31ClF3N5O4S/c1-15(2)14-41-22-12-18-17(9-10-37(24(18)33)27(38)28(30,31)32)11-19(22)25-34-13-20(29)26(36-25)35-21-7-5-6-8-23(21)42(39,40)16(3)4/h5-8,11-13,15-16,24H,9-10,14,33H2,1-4H3,(H,34,35,36). The van der Waals surface area contributed by atoms with Gasteiger partial charge in [-0.2, -0.15) is 13.2 Å². The van der Waals surface area contributed by atoms with E-state index in [1.165, 1.54) is 18.3 Å². The van der Waals surface area contributed by atoms with Crippen LogP contribution in [-0.4, -0.2) is 53.8 Å². The lowest BCUT2D eigenvalue weighted by molar-refractivity contribution is -0.188. The molecule has 0 fully saturated rings. The van der Waals surface area contributed by atoms with Crippen molar-refractivity contribution < 1.29 is 31.1 Å². The average Bonchev–Trinajstić information content (AvgIpc) is 2.92. The molecule has 0 saturated carbocycles. The first-order valence-electron chi connectivity index (χ1n) is 13.2. The van der Waals surface area contributed by atoms with E-state index in [2.05, 4.69) is 15.3 Å². The van der Waals surface area contributed by atoms with Gasteiger partial charge >= 0.3 is 12.1 Å². The van der Waals surface area contributed by atoms with Crippen LogP contribution < -0.4 is 15.8 Å². The number of nitrogens with two attached hydrogens (primary N) is 1. The van der Waals surface area contributed by atoms with Gasteiger partial charge in [-0.1, -0.05) is 37.6 Å². The van der Waals surface area contributed by atoms with E-state index in [-0.39, 0.29) is 58.5 Å². The minimum atomic E-state index is -5.06. The van der Waals surface area contributed by atoms with Crippen molar-refractivity contribution in [2.75, 3.05) is 18.5 Å². The van der Waals surface area contributed by atoms with Gasteiger partial charge in [-0.25, -0.2) is 18.4 Å². The molecule has 1 aliphatic rings. The van der Waals surface area contributed by atoms with Gasteiger partial charge in [0, 0.05) is 6.54 Å².